The van der Waals surface area contributed by atoms with E-state index in [4.69, 9.17) is 4.74 Å². The number of carbonyl (C=O) groups excluding carboxylic acids is 1. The molecule has 5 rings (SSSR count). The SMILES string of the molecule is O=C(Nc1cc(Oc2ccccc2)cc([N+](=O)[O-])c1)c1nc2nc(-c3cccs3)cc(C(F)(F)F)n2n1. The monoisotopic (exact) mass is 526 g/mol. The van der Waals surface area contributed by atoms with Crippen LogP contribution in [0.25, 0.3) is 16.3 Å². The highest BCUT2D eigenvalue weighted by atomic mass is 32.1. The van der Waals surface area contributed by atoms with Gasteiger partial charge in [-0.25, -0.2) is 4.98 Å². The molecule has 10 nitrogen and oxygen atoms in total. The Morgan fingerprint density at radius 1 is 1.03 bits per heavy atom. The van der Waals surface area contributed by atoms with Crippen LogP contribution in [-0.4, -0.2) is 30.4 Å². The van der Waals surface area contributed by atoms with Crippen LogP contribution in [0.3, 0.4) is 0 Å². The number of fused-ring (bicyclic) bond motifs is 1. The van der Waals surface area contributed by atoms with Crippen LogP contribution in [0.1, 0.15) is 16.3 Å². The lowest BCUT2D eigenvalue weighted by atomic mass is 10.2. The molecule has 0 saturated heterocycles. The predicted molar refractivity (Wildman–Crippen MR) is 127 cm³/mol. The summed E-state index contributed by atoms with van der Waals surface area (Å²) in [6, 6.07) is 16.1. The maximum atomic E-state index is 13.7. The first-order valence-corrected chi connectivity index (χ1v) is 11.3. The zero-order valence-corrected chi connectivity index (χ0v) is 19.2. The molecule has 1 amide bonds. The second kappa shape index (κ2) is 9.31. The number of thiophene rings is 1. The molecule has 3 aromatic heterocycles. The van der Waals surface area contributed by atoms with Crippen molar-refractivity contribution >= 4 is 34.4 Å². The molecule has 0 bridgehead atoms. The van der Waals surface area contributed by atoms with E-state index in [-0.39, 0.29) is 22.8 Å². The molecule has 37 heavy (non-hydrogen) atoms. The highest BCUT2D eigenvalue weighted by Crippen LogP contribution is 2.33. The van der Waals surface area contributed by atoms with Crippen LogP contribution in [0.2, 0.25) is 0 Å². The summed E-state index contributed by atoms with van der Waals surface area (Å²) in [6.07, 6.45) is -4.81. The summed E-state index contributed by atoms with van der Waals surface area (Å²) < 4.78 is 47.3. The van der Waals surface area contributed by atoms with Crippen molar-refractivity contribution in [1.29, 1.82) is 0 Å². The topological polar surface area (TPSA) is 125 Å². The van der Waals surface area contributed by atoms with E-state index in [1.165, 1.54) is 17.4 Å². The van der Waals surface area contributed by atoms with Gasteiger partial charge in [-0.2, -0.15) is 22.7 Å². The minimum absolute atomic E-state index is 0.0237. The van der Waals surface area contributed by atoms with Gasteiger partial charge in [0.15, 0.2) is 5.69 Å². The molecule has 3 heterocycles. The highest BCUT2D eigenvalue weighted by molar-refractivity contribution is 7.13. The summed E-state index contributed by atoms with van der Waals surface area (Å²) in [7, 11) is 0. The Labute approximate surface area is 209 Å². The molecule has 1 N–H and O–H groups in total. The maximum absolute atomic E-state index is 13.7. The number of alkyl halides is 3. The fourth-order valence-corrected chi connectivity index (χ4v) is 4.03. The first-order chi connectivity index (χ1) is 17.7. The van der Waals surface area contributed by atoms with Crippen LogP contribution >= 0.6 is 11.3 Å². The third-order valence-electron chi connectivity index (χ3n) is 4.92. The van der Waals surface area contributed by atoms with E-state index < -0.39 is 34.3 Å². The Kier molecular flexibility index (Phi) is 6.01. The van der Waals surface area contributed by atoms with E-state index in [0.29, 0.717) is 15.1 Å². The molecule has 2 aromatic carbocycles. The van der Waals surface area contributed by atoms with Crippen LogP contribution in [0, 0.1) is 10.1 Å². The average molecular weight is 526 g/mol. The van der Waals surface area contributed by atoms with Gasteiger partial charge in [0.2, 0.25) is 5.82 Å². The summed E-state index contributed by atoms with van der Waals surface area (Å²) in [5.41, 5.74) is -1.57. The number of aromatic nitrogens is 4. The van der Waals surface area contributed by atoms with E-state index in [2.05, 4.69) is 20.4 Å². The van der Waals surface area contributed by atoms with Crippen molar-refractivity contribution in [2.45, 2.75) is 6.18 Å². The minimum atomic E-state index is -4.81. The van der Waals surface area contributed by atoms with Crippen molar-refractivity contribution in [2.24, 2.45) is 0 Å². The Morgan fingerprint density at radius 3 is 2.49 bits per heavy atom. The number of hydrogen-bond acceptors (Lipinski definition) is 8. The summed E-state index contributed by atoms with van der Waals surface area (Å²) in [6.45, 7) is 0. The molecule has 0 aliphatic heterocycles. The van der Waals surface area contributed by atoms with E-state index in [1.54, 1.807) is 47.8 Å². The third kappa shape index (κ3) is 5.08. The van der Waals surface area contributed by atoms with Crippen molar-refractivity contribution in [2.75, 3.05) is 5.32 Å². The Hall–Kier alpha value is -4.85. The first-order valence-electron chi connectivity index (χ1n) is 10.4. The molecule has 0 saturated carbocycles. The normalized spacial score (nSPS) is 11.4. The molecule has 0 fully saturated rings. The summed E-state index contributed by atoms with van der Waals surface area (Å²) >= 11 is 1.19. The smallest absolute Gasteiger partial charge is 0.433 e. The molecule has 186 valence electrons. The molecule has 0 atom stereocenters. The van der Waals surface area contributed by atoms with Crippen molar-refractivity contribution in [3.8, 4) is 22.1 Å². The molecule has 0 radical (unpaired) electrons. The number of para-hydroxylation sites is 1. The number of benzene rings is 2. The van der Waals surface area contributed by atoms with Gasteiger partial charge in [-0.1, -0.05) is 24.3 Å². The first kappa shape index (κ1) is 23.9. The number of amides is 1. The zero-order chi connectivity index (χ0) is 26.2. The molecule has 0 aliphatic carbocycles. The number of ether oxygens (including phenoxy) is 1. The number of halogens is 3. The van der Waals surface area contributed by atoms with Gasteiger partial charge < -0.3 is 10.1 Å². The fraction of sp³-hybridized carbons (Fsp3) is 0.0435. The quantitative estimate of drug-likeness (QED) is 0.218. The number of nitrogens with one attached hydrogen (secondary N) is 1. The lowest BCUT2D eigenvalue weighted by Gasteiger charge is -2.09. The van der Waals surface area contributed by atoms with Gasteiger partial charge in [0, 0.05) is 12.1 Å². The number of hydrogen-bond donors (Lipinski definition) is 1. The largest absolute Gasteiger partial charge is 0.457 e. The van der Waals surface area contributed by atoms with Gasteiger partial charge in [0.25, 0.3) is 17.4 Å². The summed E-state index contributed by atoms with van der Waals surface area (Å²) in [5.74, 6) is -1.59. The average Bonchev–Trinajstić information content (AvgIpc) is 3.53. The Bertz CT molecular complexity index is 1620. The van der Waals surface area contributed by atoms with Crippen LogP contribution in [0.5, 0.6) is 11.5 Å². The van der Waals surface area contributed by atoms with Gasteiger partial charge in [-0.05, 0) is 29.6 Å². The van der Waals surface area contributed by atoms with E-state index in [0.717, 1.165) is 18.2 Å². The Morgan fingerprint density at radius 2 is 1.81 bits per heavy atom. The predicted octanol–water partition coefficient (Wildman–Crippen LogP) is 5.82. The number of rotatable bonds is 6. The van der Waals surface area contributed by atoms with E-state index >= 15 is 0 Å². The third-order valence-corrected chi connectivity index (χ3v) is 5.81. The highest BCUT2D eigenvalue weighted by Gasteiger charge is 2.36. The fourth-order valence-electron chi connectivity index (χ4n) is 3.35. The van der Waals surface area contributed by atoms with Gasteiger partial charge in [-0.3, -0.25) is 14.9 Å². The Balaban J connectivity index is 1.49. The lowest BCUT2D eigenvalue weighted by Crippen LogP contribution is -2.16. The van der Waals surface area contributed by atoms with Crippen molar-refractivity contribution < 1.29 is 27.6 Å². The molecule has 14 heteroatoms. The summed E-state index contributed by atoms with van der Waals surface area (Å²) in [5, 5.41) is 19.1. The van der Waals surface area contributed by atoms with Crippen molar-refractivity contribution in [3.63, 3.8) is 0 Å². The maximum Gasteiger partial charge on any atom is 0.433 e. The van der Waals surface area contributed by atoms with E-state index in [9.17, 15) is 28.1 Å². The van der Waals surface area contributed by atoms with Gasteiger partial charge in [-0.15, -0.1) is 16.4 Å². The summed E-state index contributed by atoms with van der Waals surface area (Å²) in [4.78, 5) is 32.0. The number of nitro groups is 1. The molecule has 0 aliphatic rings. The van der Waals surface area contributed by atoms with Gasteiger partial charge >= 0.3 is 6.18 Å². The minimum Gasteiger partial charge on any atom is -0.457 e. The zero-order valence-electron chi connectivity index (χ0n) is 18.3. The molecule has 0 unspecified atom stereocenters. The second-order valence-electron chi connectivity index (χ2n) is 7.49. The number of nitrogens with zero attached hydrogens (tertiary/aromatic N) is 5. The van der Waals surface area contributed by atoms with Gasteiger partial charge in [0.1, 0.15) is 11.5 Å². The van der Waals surface area contributed by atoms with E-state index in [1.807, 2.05) is 0 Å². The number of nitro benzene ring substituents is 1. The number of carbonyl (C=O) groups is 1. The van der Waals surface area contributed by atoms with Gasteiger partial charge in [0.05, 0.1) is 27.2 Å². The molecular formula is C23H13F3N6O4S. The molecular weight excluding hydrogens is 513 g/mol. The van der Waals surface area contributed by atoms with Crippen molar-refractivity contribution in [1.82, 2.24) is 19.6 Å². The standard InChI is InChI=1S/C23H13F3N6O4S/c24-23(25,26)19-12-17(18-7-4-8-37-18)28-22-29-20(30-31(19)22)21(33)27-13-9-14(32(34)35)11-16(10-13)36-15-5-2-1-3-6-15/h1-12H,(H,27,33). The number of anilines is 1. The molecule has 0 spiro atoms. The second-order valence-corrected chi connectivity index (χ2v) is 8.44. The van der Waals surface area contributed by atoms with Crippen LogP contribution in [0.15, 0.2) is 72.1 Å². The number of non-ortho nitro benzene ring substituents is 1. The van der Waals surface area contributed by atoms with Crippen molar-refractivity contribution in [3.05, 3.63) is 93.7 Å². The lowest BCUT2D eigenvalue weighted by molar-refractivity contribution is -0.384. The van der Waals surface area contributed by atoms with Crippen LogP contribution in [-0.2, 0) is 6.18 Å². The van der Waals surface area contributed by atoms with Crippen LogP contribution in [0.4, 0.5) is 24.5 Å². The molecule has 5 aromatic rings. The van der Waals surface area contributed by atoms with Crippen LogP contribution < -0.4 is 10.1 Å².